The molecule has 0 aromatic heterocycles. The molecule has 174 valence electrons. The Morgan fingerprint density at radius 2 is 1.90 bits per heavy atom. The van der Waals surface area contributed by atoms with Crippen molar-refractivity contribution in [1.29, 1.82) is 0 Å². The predicted octanol–water partition coefficient (Wildman–Crippen LogP) is 2.46. The average Bonchev–Trinajstić information content (AvgIpc) is 3.25. The molecule has 31 heavy (non-hydrogen) atoms. The van der Waals surface area contributed by atoms with Gasteiger partial charge in [0.2, 0.25) is 0 Å². The van der Waals surface area contributed by atoms with Crippen molar-refractivity contribution in [3.63, 3.8) is 0 Å². The lowest BCUT2D eigenvalue weighted by molar-refractivity contribution is 0.00867. The van der Waals surface area contributed by atoms with Gasteiger partial charge in [0.15, 0.2) is 5.96 Å². The number of likely N-dealkylation sites (tertiary alicyclic amines) is 1. The summed E-state index contributed by atoms with van der Waals surface area (Å²) in [6, 6.07) is 11.3. The molecule has 2 aliphatic rings. The fourth-order valence-electron chi connectivity index (χ4n) is 4.64. The molecule has 3 rings (SSSR count). The second-order valence-electron chi connectivity index (χ2n) is 9.25. The van der Waals surface area contributed by atoms with Crippen LogP contribution in [0.2, 0.25) is 0 Å². The number of ether oxygens (including phenoxy) is 1. The van der Waals surface area contributed by atoms with Crippen LogP contribution in [0.5, 0.6) is 0 Å². The van der Waals surface area contributed by atoms with Crippen LogP contribution >= 0.6 is 0 Å². The quantitative estimate of drug-likeness (QED) is 0.442. The van der Waals surface area contributed by atoms with Crippen molar-refractivity contribution in [1.82, 2.24) is 20.4 Å². The fraction of sp³-hybridized carbons (Fsp3) is 0.720. The number of rotatable bonds is 10. The SMILES string of the molecule is CCNC(=NCC(C(C)C)N1CCOCC1)NCC1CCN(CCc2ccccc2)C1. The van der Waals surface area contributed by atoms with E-state index in [0.717, 1.165) is 64.9 Å². The molecule has 2 saturated heterocycles. The normalized spacial score (nSPS) is 22.1. The first-order valence-electron chi connectivity index (χ1n) is 12.3. The van der Waals surface area contributed by atoms with Gasteiger partial charge in [-0.25, -0.2) is 0 Å². The first-order chi connectivity index (χ1) is 15.2. The van der Waals surface area contributed by atoms with Crippen molar-refractivity contribution in [3.05, 3.63) is 35.9 Å². The zero-order valence-electron chi connectivity index (χ0n) is 19.9. The van der Waals surface area contributed by atoms with E-state index in [1.54, 1.807) is 0 Å². The van der Waals surface area contributed by atoms with Gasteiger partial charge in [-0.05, 0) is 43.7 Å². The zero-order chi connectivity index (χ0) is 21.9. The fourth-order valence-corrected chi connectivity index (χ4v) is 4.64. The highest BCUT2D eigenvalue weighted by Crippen LogP contribution is 2.16. The van der Waals surface area contributed by atoms with E-state index in [-0.39, 0.29) is 0 Å². The topological polar surface area (TPSA) is 52.1 Å². The van der Waals surface area contributed by atoms with Crippen molar-refractivity contribution >= 4 is 5.96 Å². The minimum atomic E-state index is 0.472. The highest BCUT2D eigenvalue weighted by Gasteiger charge is 2.24. The molecule has 2 fully saturated rings. The summed E-state index contributed by atoms with van der Waals surface area (Å²) < 4.78 is 5.53. The maximum atomic E-state index is 5.53. The molecule has 0 amide bonds. The van der Waals surface area contributed by atoms with Gasteiger partial charge in [0.25, 0.3) is 0 Å². The van der Waals surface area contributed by atoms with E-state index in [1.807, 2.05) is 0 Å². The Labute approximate surface area is 189 Å². The Morgan fingerprint density at radius 3 is 2.61 bits per heavy atom. The van der Waals surface area contributed by atoms with Gasteiger partial charge in [0.1, 0.15) is 0 Å². The van der Waals surface area contributed by atoms with Crippen LogP contribution in [0.25, 0.3) is 0 Å². The molecule has 0 saturated carbocycles. The van der Waals surface area contributed by atoms with Crippen LogP contribution in [0.15, 0.2) is 35.3 Å². The molecule has 2 aliphatic heterocycles. The van der Waals surface area contributed by atoms with E-state index in [1.165, 1.54) is 25.1 Å². The molecule has 6 heteroatoms. The number of nitrogens with one attached hydrogen (secondary N) is 2. The highest BCUT2D eigenvalue weighted by atomic mass is 16.5. The lowest BCUT2D eigenvalue weighted by Crippen LogP contribution is -2.48. The summed E-state index contributed by atoms with van der Waals surface area (Å²) in [4.78, 5) is 10.1. The van der Waals surface area contributed by atoms with Crippen LogP contribution in [0.3, 0.4) is 0 Å². The van der Waals surface area contributed by atoms with Gasteiger partial charge in [-0.15, -0.1) is 0 Å². The van der Waals surface area contributed by atoms with Crippen LogP contribution in [0.1, 0.15) is 32.8 Å². The Morgan fingerprint density at radius 1 is 1.13 bits per heavy atom. The van der Waals surface area contributed by atoms with Gasteiger partial charge in [-0.3, -0.25) is 9.89 Å². The van der Waals surface area contributed by atoms with E-state index in [2.05, 4.69) is 71.5 Å². The molecule has 2 atom stereocenters. The van der Waals surface area contributed by atoms with Crippen LogP contribution in [-0.2, 0) is 11.2 Å². The minimum absolute atomic E-state index is 0.472. The average molecular weight is 430 g/mol. The lowest BCUT2D eigenvalue weighted by Gasteiger charge is -2.36. The van der Waals surface area contributed by atoms with Gasteiger partial charge < -0.3 is 20.3 Å². The third-order valence-corrected chi connectivity index (χ3v) is 6.55. The smallest absolute Gasteiger partial charge is 0.191 e. The third kappa shape index (κ3) is 8.09. The van der Waals surface area contributed by atoms with Crippen molar-refractivity contribution in [3.8, 4) is 0 Å². The molecule has 0 bridgehead atoms. The van der Waals surface area contributed by atoms with Crippen molar-refractivity contribution in [2.24, 2.45) is 16.8 Å². The molecule has 0 spiro atoms. The van der Waals surface area contributed by atoms with E-state index in [9.17, 15) is 0 Å². The monoisotopic (exact) mass is 429 g/mol. The standard InChI is InChI=1S/C25H43N5O/c1-4-26-25(28-19-24(21(2)3)30-14-16-31-17-15-30)27-18-23-11-13-29(20-23)12-10-22-8-6-5-7-9-22/h5-9,21,23-24H,4,10-20H2,1-3H3,(H2,26,27,28). The highest BCUT2D eigenvalue weighted by molar-refractivity contribution is 5.79. The molecule has 1 aromatic rings. The van der Waals surface area contributed by atoms with E-state index in [0.29, 0.717) is 17.9 Å². The third-order valence-electron chi connectivity index (χ3n) is 6.55. The van der Waals surface area contributed by atoms with Gasteiger partial charge >= 0.3 is 0 Å². The summed E-state index contributed by atoms with van der Waals surface area (Å²) in [6.07, 6.45) is 2.41. The molecule has 2 heterocycles. The maximum absolute atomic E-state index is 5.53. The summed E-state index contributed by atoms with van der Waals surface area (Å²) in [5, 5.41) is 7.07. The molecular formula is C25H43N5O. The molecule has 1 aromatic carbocycles. The van der Waals surface area contributed by atoms with E-state index in [4.69, 9.17) is 9.73 Å². The van der Waals surface area contributed by atoms with Crippen molar-refractivity contribution in [2.75, 3.05) is 65.6 Å². The minimum Gasteiger partial charge on any atom is -0.379 e. The van der Waals surface area contributed by atoms with Crippen LogP contribution in [-0.4, -0.2) is 87.4 Å². The Balaban J connectivity index is 1.43. The molecule has 0 aliphatic carbocycles. The number of benzene rings is 1. The van der Waals surface area contributed by atoms with Gasteiger partial charge in [0.05, 0.1) is 19.8 Å². The molecule has 0 radical (unpaired) electrons. The summed E-state index contributed by atoms with van der Waals surface area (Å²) in [6.45, 7) is 16.7. The van der Waals surface area contributed by atoms with Gasteiger partial charge in [-0.1, -0.05) is 44.2 Å². The van der Waals surface area contributed by atoms with Crippen molar-refractivity contribution in [2.45, 2.75) is 39.7 Å². The number of guanidine groups is 1. The lowest BCUT2D eigenvalue weighted by atomic mass is 10.0. The van der Waals surface area contributed by atoms with Gasteiger partial charge in [-0.2, -0.15) is 0 Å². The van der Waals surface area contributed by atoms with E-state index < -0.39 is 0 Å². The molecular weight excluding hydrogens is 386 g/mol. The summed E-state index contributed by atoms with van der Waals surface area (Å²) in [7, 11) is 0. The Bertz CT molecular complexity index is 645. The largest absolute Gasteiger partial charge is 0.379 e. The van der Waals surface area contributed by atoms with Crippen LogP contribution in [0, 0.1) is 11.8 Å². The second kappa shape index (κ2) is 13.0. The predicted molar refractivity (Wildman–Crippen MR) is 130 cm³/mol. The number of morpholine rings is 1. The summed E-state index contributed by atoms with van der Waals surface area (Å²) in [5.41, 5.74) is 1.44. The number of aliphatic imine (C=N–C) groups is 1. The van der Waals surface area contributed by atoms with E-state index >= 15 is 0 Å². The summed E-state index contributed by atoms with van der Waals surface area (Å²) in [5.74, 6) is 2.24. The number of hydrogen-bond acceptors (Lipinski definition) is 4. The first-order valence-corrected chi connectivity index (χ1v) is 12.3. The van der Waals surface area contributed by atoms with Crippen LogP contribution < -0.4 is 10.6 Å². The molecule has 2 unspecified atom stereocenters. The Kier molecular flexibility index (Phi) is 10.1. The second-order valence-corrected chi connectivity index (χ2v) is 9.25. The number of nitrogens with zero attached hydrogens (tertiary/aromatic N) is 3. The zero-order valence-corrected chi connectivity index (χ0v) is 19.9. The number of hydrogen-bond donors (Lipinski definition) is 2. The van der Waals surface area contributed by atoms with Crippen LogP contribution in [0.4, 0.5) is 0 Å². The first kappa shape index (κ1) is 24.0. The molecule has 6 nitrogen and oxygen atoms in total. The maximum Gasteiger partial charge on any atom is 0.191 e. The summed E-state index contributed by atoms with van der Waals surface area (Å²) >= 11 is 0. The van der Waals surface area contributed by atoms with Crippen molar-refractivity contribution < 1.29 is 4.74 Å². The van der Waals surface area contributed by atoms with Gasteiger partial charge in [0, 0.05) is 45.3 Å². The Hall–Kier alpha value is -1.63. The molecule has 2 N–H and O–H groups in total.